The molecule has 1 aromatic rings. The molecule has 2 rings (SSSR count). The molecule has 1 aliphatic carbocycles. The van der Waals surface area contributed by atoms with Gasteiger partial charge in [0.05, 0.1) is 0 Å². The average Bonchev–Trinajstić information content (AvgIpc) is 2.46. The minimum Gasteiger partial charge on any atom is -0.326 e. The van der Waals surface area contributed by atoms with Crippen LogP contribution in [0, 0.1) is 5.92 Å². The van der Waals surface area contributed by atoms with Crippen molar-refractivity contribution in [2.45, 2.75) is 50.3 Å². The molecule has 1 aliphatic rings. The molecular weight excluding hydrogens is 302 g/mol. The molecule has 0 saturated heterocycles. The molecule has 0 aromatic heterocycles. The minimum absolute atomic E-state index is 0.150. The van der Waals surface area contributed by atoms with Gasteiger partial charge in [0.1, 0.15) is 0 Å². The van der Waals surface area contributed by atoms with Crippen molar-refractivity contribution in [3.8, 4) is 0 Å². The van der Waals surface area contributed by atoms with Crippen molar-refractivity contribution in [2.75, 3.05) is 5.32 Å². The van der Waals surface area contributed by atoms with Gasteiger partial charge < -0.3 is 5.32 Å². The molecule has 1 N–H and O–H groups in total. The number of nitrogens with one attached hydrogen (secondary N) is 1. The molecule has 1 aromatic carbocycles. The van der Waals surface area contributed by atoms with Crippen molar-refractivity contribution < 1.29 is 4.79 Å². The van der Waals surface area contributed by atoms with Crippen molar-refractivity contribution in [2.24, 2.45) is 5.92 Å². The molecule has 2 nitrogen and oxygen atoms in total. The largest absolute Gasteiger partial charge is 0.326 e. The smallest absolute Gasteiger partial charge is 0.224 e. The van der Waals surface area contributed by atoms with Gasteiger partial charge in [0.25, 0.3) is 0 Å². The van der Waals surface area contributed by atoms with E-state index < -0.39 is 0 Å². The third kappa shape index (κ3) is 4.98. The number of halogens is 1. The lowest BCUT2D eigenvalue weighted by molar-refractivity contribution is -0.116. The first-order valence-electron chi connectivity index (χ1n) is 7.22. The van der Waals surface area contributed by atoms with Crippen LogP contribution in [-0.4, -0.2) is 5.91 Å². The first-order valence-corrected chi connectivity index (χ1v) is 8.35. The van der Waals surface area contributed by atoms with E-state index in [4.69, 9.17) is 0 Å². The van der Waals surface area contributed by atoms with Gasteiger partial charge in [-0.05, 0) is 30.0 Å². The Labute approximate surface area is 124 Å². The van der Waals surface area contributed by atoms with Crippen molar-refractivity contribution in [3.63, 3.8) is 0 Å². The molecule has 104 valence electrons. The lowest BCUT2D eigenvalue weighted by Gasteiger charge is -2.21. The Kier molecular flexibility index (Phi) is 5.90. The van der Waals surface area contributed by atoms with Crippen LogP contribution in [0.5, 0.6) is 0 Å². The van der Waals surface area contributed by atoms with Crippen molar-refractivity contribution >= 4 is 27.5 Å². The predicted octanol–water partition coefficient (Wildman–Crippen LogP) is 4.88. The summed E-state index contributed by atoms with van der Waals surface area (Å²) in [5, 5.41) is 3.81. The molecule has 0 bridgehead atoms. The Morgan fingerprint density at radius 2 is 2.05 bits per heavy atom. The summed E-state index contributed by atoms with van der Waals surface area (Å²) in [6, 6.07) is 8.00. The Morgan fingerprint density at radius 3 is 2.79 bits per heavy atom. The van der Waals surface area contributed by atoms with E-state index in [0.29, 0.717) is 6.42 Å². The fourth-order valence-electron chi connectivity index (χ4n) is 2.77. The van der Waals surface area contributed by atoms with Crippen LogP contribution >= 0.6 is 15.9 Å². The van der Waals surface area contributed by atoms with Crippen LogP contribution in [0.1, 0.15) is 50.5 Å². The second-order valence-corrected chi connectivity index (χ2v) is 5.99. The highest BCUT2D eigenvalue weighted by Crippen LogP contribution is 2.27. The van der Waals surface area contributed by atoms with Crippen LogP contribution in [0.25, 0.3) is 0 Å². The number of carbonyl (C=O) groups excluding carboxylic acids is 1. The number of alkyl halides is 1. The zero-order valence-electron chi connectivity index (χ0n) is 11.3. The summed E-state index contributed by atoms with van der Waals surface area (Å²) in [4.78, 5) is 11.9. The monoisotopic (exact) mass is 323 g/mol. The Bertz CT molecular complexity index is 413. The van der Waals surface area contributed by atoms with Gasteiger partial charge in [-0.1, -0.05) is 60.2 Å². The highest BCUT2D eigenvalue weighted by Gasteiger charge is 2.14. The van der Waals surface area contributed by atoms with Gasteiger partial charge in [0, 0.05) is 17.4 Å². The van der Waals surface area contributed by atoms with E-state index in [1.807, 2.05) is 24.3 Å². The number of amides is 1. The molecule has 19 heavy (non-hydrogen) atoms. The first-order chi connectivity index (χ1) is 9.28. The van der Waals surface area contributed by atoms with E-state index in [0.717, 1.165) is 23.4 Å². The molecule has 0 spiro atoms. The van der Waals surface area contributed by atoms with E-state index in [1.165, 1.54) is 37.7 Å². The summed E-state index contributed by atoms with van der Waals surface area (Å²) in [6.07, 6.45) is 8.40. The Hall–Kier alpha value is -0.830. The topological polar surface area (TPSA) is 29.1 Å². The van der Waals surface area contributed by atoms with Gasteiger partial charge in [-0.25, -0.2) is 0 Å². The van der Waals surface area contributed by atoms with Crippen LogP contribution in [0.3, 0.4) is 0 Å². The molecule has 0 heterocycles. The zero-order valence-corrected chi connectivity index (χ0v) is 12.9. The quantitative estimate of drug-likeness (QED) is 0.768. The molecule has 1 amide bonds. The van der Waals surface area contributed by atoms with Gasteiger partial charge in [0.2, 0.25) is 5.91 Å². The van der Waals surface area contributed by atoms with Gasteiger partial charge in [-0.2, -0.15) is 0 Å². The summed E-state index contributed by atoms with van der Waals surface area (Å²) >= 11 is 3.43. The maximum atomic E-state index is 11.9. The standard InChI is InChI=1S/C16H22BrNO/c17-12-14-7-4-8-15(11-14)18-16(19)10-9-13-5-2-1-3-6-13/h4,7-8,11,13H,1-3,5-6,9-10,12H2,(H,18,19). The van der Waals surface area contributed by atoms with Crippen molar-refractivity contribution in [1.29, 1.82) is 0 Å². The molecule has 3 heteroatoms. The second kappa shape index (κ2) is 7.68. The van der Waals surface area contributed by atoms with Gasteiger partial charge in [0.15, 0.2) is 0 Å². The van der Waals surface area contributed by atoms with E-state index in [2.05, 4.69) is 21.2 Å². The zero-order chi connectivity index (χ0) is 13.5. The maximum Gasteiger partial charge on any atom is 0.224 e. The normalized spacial score (nSPS) is 16.3. The molecule has 0 atom stereocenters. The molecule has 1 fully saturated rings. The van der Waals surface area contributed by atoms with Gasteiger partial charge in [-0.15, -0.1) is 0 Å². The summed E-state index contributed by atoms with van der Waals surface area (Å²) < 4.78 is 0. The summed E-state index contributed by atoms with van der Waals surface area (Å²) in [7, 11) is 0. The van der Waals surface area contributed by atoms with Gasteiger partial charge >= 0.3 is 0 Å². The maximum absolute atomic E-state index is 11.9. The summed E-state index contributed by atoms with van der Waals surface area (Å²) in [6.45, 7) is 0. The van der Waals surface area contributed by atoms with Crippen LogP contribution < -0.4 is 5.32 Å². The molecule has 0 unspecified atom stereocenters. The second-order valence-electron chi connectivity index (χ2n) is 5.42. The third-order valence-corrected chi connectivity index (χ3v) is 4.52. The van der Waals surface area contributed by atoms with Crippen LogP contribution in [0.4, 0.5) is 5.69 Å². The molecular formula is C16H22BrNO. The average molecular weight is 324 g/mol. The van der Waals surface area contributed by atoms with Gasteiger partial charge in [-0.3, -0.25) is 4.79 Å². The molecule has 0 radical (unpaired) electrons. The van der Waals surface area contributed by atoms with Crippen LogP contribution in [-0.2, 0) is 10.1 Å². The fourth-order valence-corrected chi connectivity index (χ4v) is 3.12. The number of hydrogen-bond acceptors (Lipinski definition) is 1. The summed E-state index contributed by atoms with van der Waals surface area (Å²) in [5.74, 6) is 0.922. The predicted molar refractivity (Wildman–Crippen MR) is 83.5 cm³/mol. The number of carbonyl (C=O) groups is 1. The third-order valence-electron chi connectivity index (χ3n) is 3.87. The number of hydrogen-bond donors (Lipinski definition) is 1. The molecule has 0 aliphatic heterocycles. The van der Waals surface area contributed by atoms with Crippen LogP contribution in [0.15, 0.2) is 24.3 Å². The van der Waals surface area contributed by atoms with E-state index in [1.54, 1.807) is 0 Å². The Balaban J connectivity index is 1.76. The summed E-state index contributed by atoms with van der Waals surface area (Å²) in [5.41, 5.74) is 2.09. The first kappa shape index (κ1) is 14.6. The number of rotatable bonds is 5. The number of anilines is 1. The minimum atomic E-state index is 0.150. The SMILES string of the molecule is O=C(CCC1CCCCC1)Nc1cccc(CBr)c1. The van der Waals surface area contributed by atoms with Crippen molar-refractivity contribution in [3.05, 3.63) is 29.8 Å². The lowest BCUT2D eigenvalue weighted by atomic mass is 9.86. The fraction of sp³-hybridized carbons (Fsp3) is 0.562. The lowest BCUT2D eigenvalue weighted by Crippen LogP contribution is -2.14. The van der Waals surface area contributed by atoms with E-state index in [-0.39, 0.29) is 5.91 Å². The van der Waals surface area contributed by atoms with E-state index >= 15 is 0 Å². The highest BCUT2D eigenvalue weighted by molar-refractivity contribution is 9.08. The molecule has 1 saturated carbocycles. The Morgan fingerprint density at radius 1 is 1.26 bits per heavy atom. The number of benzene rings is 1. The van der Waals surface area contributed by atoms with Crippen LogP contribution in [0.2, 0.25) is 0 Å². The van der Waals surface area contributed by atoms with Crippen molar-refractivity contribution in [1.82, 2.24) is 0 Å². The highest BCUT2D eigenvalue weighted by atomic mass is 79.9. The van der Waals surface area contributed by atoms with E-state index in [9.17, 15) is 4.79 Å².